The SMILES string of the molecule is NC(=NO)C1CCCN(Cc2ccc(Br)cc2F)C1. The fourth-order valence-electron chi connectivity index (χ4n) is 2.41. The van der Waals surface area contributed by atoms with Crippen molar-refractivity contribution in [3.05, 3.63) is 34.1 Å². The van der Waals surface area contributed by atoms with Crippen molar-refractivity contribution >= 4 is 21.8 Å². The highest BCUT2D eigenvalue weighted by atomic mass is 79.9. The van der Waals surface area contributed by atoms with Crippen LogP contribution in [0.25, 0.3) is 0 Å². The monoisotopic (exact) mass is 329 g/mol. The lowest BCUT2D eigenvalue weighted by Gasteiger charge is -2.32. The van der Waals surface area contributed by atoms with E-state index < -0.39 is 0 Å². The molecule has 0 spiro atoms. The zero-order chi connectivity index (χ0) is 13.8. The van der Waals surface area contributed by atoms with Crippen LogP contribution in [0.2, 0.25) is 0 Å². The Morgan fingerprint density at radius 1 is 1.58 bits per heavy atom. The Morgan fingerprint density at radius 2 is 2.37 bits per heavy atom. The Labute approximate surface area is 120 Å². The standard InChI is InChI=1S/C13H17BrFN3O/c14-11-4-3-9(12(15)6-11)7-18-5-1-2-10(8-18)13(16)17-19/h3-4,6,10,19H,1-2,5,7-8H2,(H2,16,17). The van der Waals surface area contributed by atoms with Crippen LogP contribution < -0.4 is 5.73 Å². The third-order valence-corrected chi connectivity index (χ3v) is 3.94. The molecule has 3 N–H and O–H groups in total. The van der Waals surface area contributed by atoms with E-state index in [9.17, 15) is 4.39 Å². The summed E-state index contributed by atoms with van der Waals surface area (Å²) in [5.74, 6) is 0.110. The first-order valence-corrected chi connectivity index (χ1v) is 7.03. The highest BCUT2D eigenvalue weighted by Crippen LogP contribution is 2.21. The predicted octanol–water partition coefficient (Wildman–Crippen LogP) is 2.55. The third kappa shape index (κ3) is 3.67. The fourth-order valence-corrected chi connectivity index (χ4v) is 2.75. The summed E-state index contributed by atoms with van der Waals surface area (Å²) in [5.41, 5.74) is 6.32. The van der Waals surface area contributed by atoms with Crippen molar-refractivity contribution in [1.82, 2.24) is 4.90 Å². The van der Waals surface area contributed by atoms with Gasteiger partial charge in [0.05, 0.1) is 0 Å². The molecule has 1 aliphatic rings. The number of nitrogens with two attached hydrogens (primary N) is 1. The highest BCUT2D eigenvalue weighted by molar-refractivity contribution is 9.10. The first-order chi connectivity index (χ1) is 9.10. The van der Waals surface area contributed by atoms with Crippen LogP contribution in [0, 0.1) is 11.7 Å². The Bertz CT molecular complexity index is 481. The summed E-state index contributed by atoms with van der Waals surface area (Å²) in [4.78, 5) is 2.14. The fraction of sp³-hybridized carbons (Fsp3) is 0.462. The van der Waals surface area contributed by atoms with Crippen molar-refractivity contribution in [2.75, 3.05) is 13.1 Å². The molecule has 2 rings (SSSR count). The van der Waals surface area contributed by atoms with E-state index in [-0.39, 0.29) is 17.6 Å². The van der Waals surface area contributed by atoms with Crippen molar-refractivity contribution in [2.45, 2.75) is 19.4 Å². The minimum atomic E-state index is -0.208. The molecule has 0 aliphatic carbocycles. The van der Waals surface area contributed by atoms with Crippen molar-refractivity contribution < 1.29 is 9.60 Å². The molecule has 4 nitrogen and oxygen atoms in total. The smallest absolute Gasteiger partial charge is 0.143 e. The van der Waals surface area contributed by atoms with Gasteiger partial charge in [0, 0.05) is 29.0 Å². The third-order valence-electron chi connectivity index (χ3n) is 3.45. The van der Waals surface area contributed by atoms with Crippen molar-refractivity contribution in [3.8, 4) is 0 Å². The lowest BCUT2D eigenvalue weighted by molar-refractivity contribution is 0.191. The second kappa shape index (κ2) is 6.34. The van der Waals surface area contributed by atoms with E-state index in [2.05, 4.69) is 26.0 Å². The Kier molecular flexibility index (Phi) is 4.76. The van der Waals surface area contributed by atoms with Crippen LogP contribution in [0.15, 0.2) is 27.8 Å². The van der Waals surface area contributed by atoms with Crippen LogP contribution in [-0.4, -0.2) is 29.0 Å². The molecule has 104 valence electrons. The predicted molar refractivity (Wildman–Crippen MR) is 75.5 cm³/mol. The zero-order valence-electron chi connectivity index (χ0n) is 10.5. The number of hydrogen-bond acceptors (Lipinski definition) is 3. The molecule has 1 atom stereocenters. The molecular weight excluding hydrogens is 313 g/mol. The summed E-state index contributed by atoms with van der Waals surface area (Å²) in [5, 5.41) is 11.8. The van der Waals surface area contributed by atoms with E-state index >= 15 is 0 Å². The van der Waals surface area contributed by atoms with Crippen molar-refractivity contribution in [1.29, 1.82) is 0 Å². The van der Waals surface area contributed by atoms with Gasteiger partial charge in [-0.25, -0.2) is 4.39 Å². The van der Waals surface area contributed by atoms with E-state index in [0.717, 1.165) is 23.9 Å². The first kappa shape index (κ1) is 14.3. The average Bonchev–Trinajstić information content (AvgIpc) is 2.41. The van der Waals surface area contributed by atoms with Crippen LogP contribution >= 0.6 is 15.9 Å². The van der Waals surface area contributed by atoms with Crippen LogP contribution in [0.4, 0.5) is 4.39 Å². The summed E-state index contributed by atoms with van der Waals surface area (Å²) < 4.78 is 14.5. The normalized spacial score (nSPS) is 21.6. The summed E-state index contributed by atoms with van der Waals surface area (Å²) in [6.07, 6.45) is 1.88. The van der Waals surface area contributed by atoms with E-state index in [1.54, 1.807) is 6.07 Å². The molecule has 0 bridgehead atoms. The largest absolute Gasteiger partial charge is 0.409 e. The summed E-state index contributed by atoms with van der Waals surface area (Å²) in [6, 6.07) is 5.09. The quantitative estimate of drug-likeness (QED) is 0.387. The second-order valence-corrected chi connectivity index (χ2v) is 5.75. The number of oxime groups is 1. The van der Waals surface area contributed by atoms with E-state index in [0.29, 0.717) is 18.7 Å². The van der Waals surface area contributed by atoms with Gasteiger partial charge in [0.15, 0.2) is 0 Å². The molecule has 0 amide bonds. The minimum absolute atomic E-state index is 0.0530. The van der Waals surface area contributed by atoms with Gasteiger partial charge in [-0.3, -0.25) is 4.90 Å². The van der Waals surface area contributed by atoms with Gasteiger partial charge in [-0.15, -0.1) is 0 Å². The second-order valence-electron chi connectivity index (χ2n) is 4.83. The molecule has 6 heteroatoms. The summed E-state index contributed by atoms with van der Waals surface area (Å²) in [6.45, 7) is 2.16. The number of benzene rings is 1. The number of rotatable bonds is 3. The van der Waals surface area contributed by atoms with Gasteiger partial charge in [0.1, 0.15) is 11.7 Å². The van der Waals surface area contributed by atoms with Crippen LogP contribution in [0.1, 0.15) is 18.4 Å². The van der Waals surface area contributed by atoms with Crippen LogP contribution in [-0.2, 0) is 6.54 Å². The van der Waals surface area contributed by atoms with E-state index in [1.807, 2.05) is 6.07 Å². The Hall–Kier alpha value is -1.14. The van der Waals surface area contributed by atoms with Gasteiger partial charge >= 0.3 is 0 Å². The van der Waals surface area contributed by atoms with Crippen LogP contribution in [0.5, 0.6) is 0 Å². The molecule has 19 heavy (non-hydrogen) atoms. The number of halogens is 2. The molecule has 1 heterocycles. The van der Waals surface area contributed by atoms with Gasteiger partial charge in [-0.05, 0) is 31.5 Å². The number of hydrogen-bond donors (Lipinski definition) is 2. The molecule has 0 radical (unpaired) electrons. The average molecular weight is 330 g/mol. The Morgan fingerprint density at radius 3 is 3.05 bits per heavy atom. The summed E-state index contributed by atoms with van der Waals surface area (Å²) in [7, 11) is 0. The van der Waals surface area contributed by atoms with Crippen molar-refractivity contribution in [2.24, 2.45) is 16.8 Å². The van der Waals surface area contributed by atoms with Gasteiger partial charge in [-0.2, -0.15) is 0 Å². The lowest BCUT2D eigenvalue weighted by Crippen LogP contribution is -2.40. The van der Waals surface area contributed by atoms with Gasteiger partial charge in [0.25, 0.3) is 0 Å². The van der Waals surface area contributed by atoms with Gasteiger partial charge < -0.3 is 10.9 Å². The summed E-state index contributed by atoms with van der Waals surface area (Å²) >= 11 is 3.25. The number of amidine groups is 1. The maximum absolute atomic E-state index is 13.8. The molecule has 1 fully saturated rings. The van der Waals surface area contributed by atoms with Gasteiger partial charge in [0.2, 0.25) is 0 Å². The zero-order valence-corrected chi connectivity index (χ0v) is 12.1. The van der Waals surface area contributed by atoms with E-state index in [1.165, 1.54) is 6.07 Å². The minimum Gasteiger partial charge on any atom is -0.409 e. The molecule has 1 unspecified atom stereocenters. The molecule has 0 aromatic heterocycles. The van der Waals surface area contributed by atoms with Crippen LogP contribution in [0.3, 0.4) is 0 Å². The molecule has 0 saturated carbocycles. The number of nitrogens with zero attached hydrogens (tertiary/aromatic N) is 2. The molecule has 1 aromatic rings. The van der Waals surface area contributed by atoms with Gasteiger partial charge in [-0.1, -0.05) is 27.2 Å². The number of likely N-dealkylation sites (tertiary alicyclic amines) is 1. The maximum atomic E-state index is 13.8. The topological polar surface area (TPSA) is 61.9 Å². The molecule has 1 saturated heterocycles. The number of piperidine rings is 1. The molecule has 1 aliphatic heterocycles. The first-order valence-electron chi connectivity index (χ1n) is 6.24. The lowest BCUT2D eigenvalue weighted by atomic mass is 9.96. The maximum Gasteiger partial charge on any atom is 0.143 e. The highest BCUT2D eigenvalue weighted by Gasteiger charge is 2.23. The molecular formula is C13H17BrFN3O. The van der Waals surface area contributed by atoms with E-state index in [4.69, 9.17) is 10.9 Å². The van der Waals surface area contributed by atoms with Crippen molar-refractivity contribution in [3.63, 3.8) is 0 Å². The molecule has 1 aromatic carbocycles. The Balaban J connectivity index is 2.02.